The van der Waals surface area contributed by atoms with Crippen molar-refractivity contribution in [2.24, 2.45) is 28.1 Å². The maximum atomic E-state index is 14.3. The highest BCUT2D eigenvalue weighted by molar-refractivity contribution is 5.77. The Balaban J connectivity index is 1.17. The van der Waals surface area contributed by atoms with E-state index < -0.39 is 177 Å². The van der Waals surface area contributed by atoms with E-state index in [0.29, 0.717) is 44.1 Å². The zero-order valence-corrected chi connectivity index (χ0v) is 38.8. The molecule has 0 radical (unpaired) electrons. The van der Waals surface area contributed by atoms with Crippen LogP contribution in [0, 0.1) is 28.1 Å². The van der Waals surface area contributed by atoms with Crippen molar-refractivity contribution in [2.75, 3.05) is 26.4 Å². The molecule has 7 fully saturated rings. The van der Waals surface area contributed by atoms with Crippen molar-refractivity contribution in [3.05, 3.63) is 12.2 Å². The molecule has 68 heavy (non-hydrogen) atoms. The van der Waals surface area contributed by atoms with Gasteiger partial charge in [0.05, 0.1) is 37.4 Å². The van der Waals surface area contributed by atoms with Gasteiger partial charge in [0, 0.05) is 0 Å². The Morgan fingerprint density at radius 2 is 0.985 bits per heavy atom. The largest absolute Gasteiger partial charge is 0.432 e. The van der Waals surface area contributed by atoms with E-state index in [2.05, 4.69) is 20.4 Å². The molecule has 0 bridgehead atoms. The molecule has 20 unspecified atom stereocenters. The number of fused-ring (bicyclic) bond motifs is 3. The number of aliphatic hydroxyl groups is 14. The molecule has 7 aliphatic rings. The standard InChI is InChI=1S/C45H74O23/c1-18-13-42(2)11-7-24-43(3,9-6-10-44(24,4)41(60)67-39-34(59)31(56)27(52)21(16-48)63-39)23(42)8-12-45(18,5)68-40-36(66-38-33(58)30(55)26(51)20(15-47)62-38)35(28(53)22(17-49)64-40)65-37-32(57)29(54)25(50)19(14-46)61-37/h19-40,46-59H,1,6-17H2,2-5H3/t19?,20?,21?,22?,23-,24+,25?,26?,27?,28?,29?,30?,31?,32?,33?,34?,35?,36?,37?,38?,39?,40?,42-,43+,44-,45-/m1/s1. The monoisotopic (exact) mass is 982 g/mol. The van der Waals surface area contributed by atoms with Crippen LogP contribution in [0.2, 0.25) is 0 Å². The van der Waals surface area contributed by atoms with Crippen molar-refractivity contribution < 1.29 is 114 Å². The molecular formula is C45H74O23. The highest BCUT2D eigenvalue weighted by Crippen LogP contribution is 2.68. The highest BCUT2D eigenvalue weighted by atomic mass is 16.8. The molecule has 4 aliphatic heterocycles. The first-order valence-corrected chi connectivity index (χ1v) is 23.7. The molecule has 23 heteroatoms. The Hall–Kier alpha value is -1.63. The average Bonchev–Trinajstić information content (AvgIpc) is 3.40. The molecule has 392 valence electrons. The van der Waals surface area contributed by atoms with Gasteiger partial charge in [0.15, 0.2) is 18.9 Å². The maximum absolute atomic E-state index is 14.3. The number of hydrogen-bond donors (Lipinski definition) is 14. The molecule has 0 aromatic heterocycles. The summed E-state index contributed by atoms with van der Waals surface area (Å²) in [7, 11) is 0. The molecule has 14 N–H and O–H groups in total. The lowest BCUT2D eigenvalue weighted by Gasteiger charge is -2.62. The molecule has 3 saturated carbocycles. The van der Waals surface area contributed by atoms with E-state index >= 15 is 0 Å². The average molecular weight is 983 g/mol. The second-order valence-corrected chi connectivity index (χ2v) is 21.2. The summed E-state index contributed by atoms with van der Waals surface area (Å²) >= 11 is 0. The van der Waals surface area contributed by atoms with Crippen LogP contribution in [0.15, 0.2) is 12.2 Å². The fourth-order valence-corrected chi connectivity index (χ4v) is 12.7. The molecule has 0 spiro atoms. The van der Waals surface area contributed by atoms with Gasteiger partial charge >= 0.3 is 5.97 Å². The van der Waals surface area contributed by atoms with Gasteiger partial charge in [-0.15, -0.1) is 0 Å². The van der Waals surface area contributed by atoms with Crippen LogP contribution in [0.5, 0.6) is 0 Å². The molecule has 26 atom stereocenters. The van der Waals surface area contributed by atoms with Crippen LogP contribution < -0.4 is 0 Å². The third-order valence-electron chi connectivity index (χ3n) is 16.9. The molecule has 0 aromatic carbocycles. The van der Waals surface area contributed by atoms with Gasteiger partial charge in [-0.05, 0) is 87.0 Å². The topological polar surface area (TPSA) is 374 Å². The molecule has 0 amide bonds. The van der Waals surface area contributed by atoms with Gasteiger partial charge < -0.3 is 109 Å². The molecule has 0 aromatic rings. The molecule has 23 nitrogen and oxygen atoms in total. The van der Waals surface area contributed by atoms with E-state index in [9.17, 15) is 76.3 Å². The summed E-state index contributed by atoms with van der Waals surface area (Å²) < 4.78 is 48.0. The van der Waals surface area contributed by atoms with Crippen molar-refractivity contribution in [3.8, 4) is 0 Å². The first-order chi connectivity index (χ1) is 31.9. The second-order valence-electron chi connectivity index (χ2n) is 21.2. The van der Waals surface area contributed by atoms with Crippen molar-refractivity contribution >= 4 is 5.97 Å². The Morgan fingerprint density at radius 3 is 1.50 bits per heavy atom. The Bertz CT molecular complexity index is 1740. The lowest BCUT2D eigenvalue weighted by molar-refractivity contribution is -0.398. The lowest BCUT2D eigenvalue weighted by Crippen LogP contribution is -2.67. The van der Waals surface area contributed by atoms with E-state index in [-0.39, 0.29) is 18.3 Å². The molecule has 7 rings (SSSR count). The molecule has 4 heterocycles. The number of rotatable bonds is 12. The van der Waals surface area contributed by atoms with Crippen molar-refractivity contribution in [2.45, 2.75) is 207 Å². The summed E-state index contributed by atoms with van der Waals surface area (Å²) in [4.78, 5) is 14.3. The van der Waals surface area contributed by atoms with E-state index in [1.807, 2.05) is 6.92 Å². The minimum Gasteiger partial charge on any atom is -0.432 e. The zero-order chi connectivity index (χ0) is 50.0. The van der Waals surface area contributed by atoms with Crippen LogP contribution in [0.25, 0.3) is 0 Å². The summed E-state index contributed by atoms with van der Waals surface area (Å²) in [6, 6.07) is 0. The van der Waals surface area contributed by atoms with Crippen LogP contribution in [-0.2, 0) is 42.7 Å². The minimum absolute atomic E-state index is 0.0571. The number of carbonyl (C=O) groups is 1. The first kappa shape index (κ1) is 54.2. The van der Waals surface area contributed by atoms with Gasteiger partial charge in [-0.1, -0.05) is 26.8 Å². The minimum atomic E-state index is -1.97. The quantitative estimate of drug-likeness (QED) is 0.0648. The third-order valence-corrected chi connectivity index (χ3v) is 16.9. The Kier molecular flexibility index (Phi) is 16.5. The van der Waals surface area contributed by atoms with Crippen LogP contribution in [-0.4, -0.2) is 232 Å². The second kappa shape index (κ2) is 20.7. The van der Waals surface area contributed by atoms with Gasteiger partial charge in [-0.25, -0.2) is 0 Å². The van der Waals surface area contributed by atoms with E-state index in [1.165, 1.54) is 0 Å². The maximum Gasteiger partial charge on any atom is 0.314 e. The van der Waals surface area contributed by atoms with E-state index in [4.69, 9.17) is 37.9 Å². The number of esters is 1. The number of carbonyl (C=O) groups excluding carboxylic acids is 1. The van der Waals surface area contributed by atoms with E-state index in [0.717, 1.165) is 6.42 Å². The third kappa shape index (κ3) is 9.57. The fraction of sp³-hybridized carbons (Fsp3) is 0.933. The van der Waals surface area contributed by atoms with Crippen LogP contribution in [0.1, 0.15) is 79.1 Å². The summed E-state index contributed by atoms with van der Waals surface area (Å²) in [5.41, 5.74) is -2.62. The Labute approximate surface area is 393 Å². The van der Waals surface area contributed by atoms with Gasteiger partial charge in [0.2, 0.25) is 6.29 Å². The SMILES string of the molecule is C=C1C[C@@]2(C)CC[C@H]3[C@@](C)(CCC[C@@]3(C)C(=O)OC3OC(CO)C(O)C(O)C3O)[C@@H]2CC[C@@]1(C)OC1OC(CO)C(O)C(OC2OC(CO)C(O)C(O)C2O)C1OC1OC(CO)C(O)C(O)C1O. The smallest absolute Gasteiger partial charge is 0.314 e. The predicted octanol–water partition coefficient (Wildman–Crippen LogP) is -4.48. The van der Waals surface area contributed by atoms with Crippen molar-refractivity contribution in [1.29, 1.82) is 0 Å². The van der Waals surface area contributed by atoms with E-state index in [1.54, 1.807) is 6.92 Å². The van der Waals surface area contributed by atoms with Crippen LogP contribution in [0.4, 0.5) is 0 Å². The number of hydrogen-bond acceptors (Lipinski definition) is 23. The van der Waals surface area contributed by atoms with Gasteiger partial charge in [0.25, 0.3) is 0 Å². The lowest BCUT2D eigenvalue weighted by atomic mass is 9.42. The molecule has 3 aliphatic carbocycles. The van der Waals surface area contributed by atoms with Crippen LogP contribution in [0.3, 0.4) is 0 Å². The number of aliphatic hydroxyl groups excluding tert-OH is 14. The predicted molar refractivity (Wildman–Crippen MR) is 226 cm³/mol. The molecular weight excluding hydrogens is 908 g/mol. The normalized spacial score (nSPS) is 53.5. The fourth-order valence-electron chi connectivity index (χ4n) is 12.7. The molecule has 4 saturated heterocycles. The summed E-state index contributed by atoms with van der Waals surface area (Å²) in [5.74, 6) is -0.935. The van der Waals surface area contributed by atoms with Crippen molar-refractivity contribution in [3.63, 3.8) is 0 Å². The number of ether oxygens (including phenoxy) is 8. The van der Waals surface area contributed by atoms with Crippen LogP contribution >= 0.6 is 0 Å². The van der Waals surface area contributed by atoms with Gasteiger partial charge in [0.1, 0.15) is 97.7 Å². The Morgan fingerprint density at radius 1 is 0.544 bits per heavy atom. The first-order valence-electron chi connectivity index (χ1n) is 23.7. The van der Waals surface area contributed by atoms with Gasteiger partial charge in [-0.2, -0.15) is 0 Å². The summed E-state index contributed by atoms with van der Waals surface area (Å²) in [6.45, 7) is 9.30. The summed E-state index contributed by atoms with van der Waals surface area (Å²) in [6.07, 6.45) is -30.1. The zero-order valence-electron chi connectivity index (χ0n) is 38.8. The highest BCUT2D eigenvalue weighted by Gasteiger charge is 2.64. The summed E-state index contributed by atoms with van der Waals surface area (Å²) in [5, 5.41) is 148. The van der Waals surface area contributed by atoms with Gasteiger partial charge in [-0.3, -0.25) is 4.79 Å². The van der Waals surface area contributed by atoms with Crippen molar-refractivity contribution in [1.82, 2.24) is 0 Å².